The maximum absolute atomic E-state index is 11.9. The van der Waals surface area contributed by atoms with Gasteiger partial charge in [-0.15, -0.1) is 0 Å². The lowest BCUT2D eigenvalue weighted by Gasteiger charge is -2.26. The molecule has 0 saturated carbocycles. The van der Waals surface area contributed by atoms with Gasteiger partial charge in [-0.05, 0) is 18.6 Å². The lowest BCUT2D eigenvalue weighted by Crippen LogP contribution is -2.51. The van der Waals surface area contributed by atoms with Gasteiger partial charge in [-0.1, -0.05) is 0 Å². The highest BCUT2D eigenvalue weighted by molar-refractivity contribution is 6.00. The standard InChI is InChI=1S/C14H16N4O3/c1-18-7-6-15-13(18)12(10-3-2-8-21-10)16-9-4-5-11(19)17-14(9)20/h2-3,6-9,12,16H,4-5H2,1H3,(H,17,19,20). The van der Waals surface area contributed by atoms with Gasteiger partial charge in [0, 0.05) is 25.9 Å². The molecule has 0 aromatic carbocycles. The lowest BCUT2D eigenvalue weighted by molar-refractivity contribution is -0.134. The van der Waals surface area contributed by atoms with E-state index in [-0.39, 0.29) is 17.9 Å². The first-order valence-corrected chi connectivity index (χ1v) is 6.75. The van der Waals surface area contributed by atoms with Crippen LogP contribution < -0.4 is 10.6 Å². The van der Waals surface area contributed by atoms with Crippen LogP contribution >= 0.6 is 0 Å². The summed E-state index contributed by atoms with van der Waals surface area (Å²) in [5, 5.41) is 5.57. The molecule has 1 fully saturated rings. The van der Waals surface area contributed by atoms with E-state index in [1.165, 1.54) is 0 Å². The highest BCUT2D eigenvalue weighted by atomic mass is 16.3. The monoisotopic (exact) mass is 288 g/mol. The Morgan fingerprint density at radius 2 is 2.38 bits per heavy atom. The van der Waals surface area contributed by atoms with Crippen LogP contribution in [0.25, 0.3) is 0 Å². The average Bonchev–Trinajstić information content (AvgIpc) is 3.10. The molecule has 3 rings (SSSR count). The Hall–Kier alpha value is -2.41. The van der Waals surface area contributed by atoms with Crippen molar-refractivity contribution in [3.05, 3.63) is 42.4 Å². The maximum Gasteiger partial charge on any atom is 0.243 e. The fourth-order valence-corrected chi connectivity index (χ4v) is 2.45. The fraction of sp³-hybridized carbons (Fsp3) is 0.357. The van der Waals surface area contributed by atoms with E-state index in [9.17, 15) is 9.59 Å². The predicted octanol–water partition coefficient (Wildman–Crippen LogP) is 0.497. The van der Waals surface area contributed by atoms with Gasteiger partial charge in [-0.25, -0.2) is 4.98 Å². The van der Waals surface area contributed by atoms with Crippen LogP contribution in [-0.4, -0.2) is 27.4 Å². The number of piperidine rings is 1. The Bertz CT molecular complexity index is 647. The number of carbonyl (C=O) groups excluding carboxylic acids is 2. The van der Waals surface area contributed by atoms with Crippen molar-refractivity contribution in [2.24, 2.45) is 7.05 Å². The van der Waals surface area contributed by atoms with Gasteiger partial charge in [0.15, 0.2) is 0 Å². The van der Waals surface area contributed by atoms with Crippen molar-refractivity contribution in [2.45, 2.75) is 24.9 Å². The second kappa shape index (κ2) is 5.53. The third-order valence-corrected chi connectivity index (χ3v) is 3.55. The fourth-order valence-electron chi connectivity index (χ4n) is 2.45. The Labute approximate surface area is 121 Å². The number of rotatable bonds is 4. The van der Waals surface area contributed by atoms with Crippen LogP contribution in [0.2, 0.25) is 0 Å². The van der Waals surface area contributed by atoms with Gasteiger partial charge in [0.05, 0.1) is 12.3 Å². The van der Waals surface area contributed by atoms with Gasteiger partial charge >= 0.3 is 0 Å². The van der Waals surface area contributed by atoms with E-state index >= 15 is 0 Å². The number of imidazole rings is 1. The number of imide groups is 1. The first-order chi connectivity index (χ1) is 10.1. The third kappa shape index (κ3) is 2.73. The molecule has 2 unspecified atom stereocenters. The maximum atomic E-state index is 11.9. The number of aryl methyl sites for hydroxylation is 1. The topological polar surface area (TPSA) is 89.2 Å². The van der Waals surface area contributed by atoms with Crippen molar-refractivity contribution in [3.8, 4) is 0 Å². The normalized spacial score (nSPS) is 20.3. The minimum Gasteiger partial charge on any atom is -0.467 e. The number of hydrogen-bond donors (Lipinski definition) is 2. The van der Waals surface area contributed by atoms with Gasteiger partial charge in [-0.2, -0.15) is 0 Å². The van der Waals surface area contributed by atoms with Gasteiger partial charge < -0.3 is 8.98 Å². The van der Waals surface area contributed by atoms with E-state index in [0.717, 1.165) is 5.82 Å². The molecule has 2 aromatic rings. The van der Waals surface area contributed by atoms with E-state index in [4.69, 9.17) is 4.42 Å². The molecule has 3 heterocycles. The van der Waals surface area contributed by atoms with Crippen LogP contribution in [0, 0.1) is 0 Å². The average molecular weight is 288 g/mol. The smallest absolute Gasteiger partial charge is 0.243 e. The lowest BCUT2D eigenvalue weighted by atomic mass is 10.0. The van der Waals surface area contributed by atoms with E-state index in [1.807, 2.05) is 23.9 Å². The molecule has 2 amide bonds. The molecule has 2 aromatic heterocycles. The number of hydrogen-bond acceptors (Lipinski definition) is 5. The Morgan fingerprint density at radius 1 is 1.52 bits per heavy atom. The summed E-state index contributed by atoms with van der Waals surface area (Å²) in [6.45, 7) is 0. The molecular weight excluding hydrogens is 272 g/mol. The van der Waals surface area contributed by atoms with E-state index in [0.29, 0.717) is 18.6 Å². The van der Waals surface area contributed by atoms with Crippen molar-refractivity contribution in [1.82, 2.24) is 20.2 Å². The second-order valence-electron chi connectivity index (χ2n) is 5.02. The summed E-state index contributed by atoms with van der Waals surface area (Å²) in [6.07, 6.45) is 5.90. The zero-order valence-electron chi connectivity index (χ0n) is 11.6. The van der Waals surface area contributed by atoms with E-state index < -0.39 is 6.04 Å². The largest absolute Gasteiger partial charge is 0.467 e. The molecule has 2 atom stereocenters. The zero-order valence-corrected chi connectivity index (χ0v) is 11.6. The summed E-state index contributed by atoms with van der Waals surface area (Å²) < 4.78 is 7.33. The minimum absolute atomic E-state index is 0.232. The van der Waals surface area contributed by atoms with Crippen molar-refractivity contribution in [1.29, 1.82) is 0 Å². The summed E-state index contributed by atoms with van der Waals surface area (Å²) in [7, 11) is 1.88. The second-order valence-corrected chi connectivity index (χ2v) is 5.02. The van der Waals surface area contributed by atoms with Crippen molar-refractivity contribution >= 4 is 11.8 Å². The number of aromatic nitrogens is 2. The van der Waals surface area contributed by atoms with Crippen LogP contribution in [-0.2, 0) is 16.6 Å². The van der Waals surface area contributed by atoms with Gasteiger partial charge in [0.2, 0.25) is 11.8 Å². The van der Waals surface area contributed by atoms with Gasteiger partial charge in [0.1, 0.15) is 17.6 Å². The molecule has 7 nitrogen and oxygen atoms in total. The highest BCUT2D eigenvalue weighted by Crippen LogP contribution is 2.22. The third-order valence-electron chi connectivity index (χ3n) is 3.55. The minimum atomic E-state index is -0.450. The van der Waals surface area contributed by atoms with E-state index in [2.05, 4.69) is 15.6 Å². The summed E-state index contributed by atoms with van der Waals surface area (Å²) in [5.41, 5.74) is 0. The molecule has 0 aliphatic carbocycles. The molecule has 0 bridgehead atoms. The van der Waals surface area contributed by atoms with Crippen molar-refractivity contribution in [2.75, 3.05) is 0 Å². The molecule has 1 saturated heterocycles. The van der Waals surface area contributed by atoms with Gasteiger partial charge in [0.25, 0.3) is 0 Å². The number of amides is 2. The first kappa shape index (κ1) is 13.6. The molecule has 7 heteroatoms. The predicted molar refractivity (Wildman–Crippen MR) is 73.1 cm³/mol. The SMILES string of the molecule is Cn1ccnc1C(NC1CCC(=O)NC1=O)c1ccco1. The quantitative estimate of drug-likeness (QED) is 0.800. The number of carbonyl (C=O) groups is 2. The number of furan rings is 1. The summed E-state index contributed by atoms with van der Waals surface area (Å²) in [4.78, 5) is 27.5. The van der Waals surface area contributed by atoms with Crippen LogP contribution in [0.5, 0.6) is 0 Å². The Kier molecular flexibility index (Phi) is 3.57. The van der Waals surface area contributed by atoms with Gasteiger partial charge in [-0.3, -0.25) is 20.2 Å². The molecule has 21 heavy (non-hydrogen) atoms. The van der Waals surface area contributed by atoms with E-state index in [1.54, 1.807) is 18.5 Å². The van der Waals surface area contributed by atoms with Crippen molar-refractivity contribution in [3.63, 3.8) is 0 Å². The molecular formula is C14H16N4O3. The summed E-state index contributed by atoms with van der Waals surface area (Å²) in [6, 6.07) is 2.83. The Balaban J connectivity index is 1.85. The molecule has 1 aliphatic rings. The number of nitrogens with zero attached hydrogens (tertiary/aromatic N) is 2. The van der Waals surface area contributed by atoms with Crippen LogP contribution in [0.1, 0.15) is 30.5 Å². The van der Waals surface area contributed by atoms with Crippen LogP contribution in [0.3, 0.4) is 0 Å². The van der Waals surface area contributed by atoms with Crippen LogP contribution in [0.4, 0.5) is 0 Å². The molecule has 110 valence electrons. The van der Waals surface area contributed by atoms with Crippen molar-refractivity contribution < 1.29 is 14.0 Å². The number of nitrogens with one attached hydrogen (secondary N) is 2. The summed E-state index contributed by atoms with van der Waals surface area (Å²) >= 11 is 0. The molecule has 0 spiro atoms. The summed E-state index contributed by atoms with van der Waals surface area (Å²) in [5.74, 6) is 0.880. The first-order valence-electron chi connectivity index (χ1n) is 6.75. The molecule has 2 N–H and O–H groups in total. The zero-order chi connectivity index (χ0) is 14.8. The molecule has 1 aliphatic heterocycles. The molecule has 0 radical (unpaired) electrons. The Morgan fingerprint density at radius 3 is 3.00 bits per heavy atom. The highest BCUT2D eigenvalue weighted by Gasteiger charge is 2.31. The van der Waals surface area contributed by atoms with Crippen LogP contribution in [0.15, 0.2) is 35.2 Å².